The molecule has 2 aromatic carbocycles. The molecule has 2 heterocycles. The van der Waals surface area contributed by atoms with Crippen molar-refractivity contribution in [2.75, 3.05) is 31.1 Å². The highest BCUT2D eigenvalue weighted by atomic mass is 32.2. The van der Waals surface area contributed by atoms with E-state index in [0.29, 0.717) is 26.2 Å². The molecule has 0 N–H and O–H groups in total. The van der Waals surface area contributed by atoms with Crippen LogP contribution in [0.2, 0.25) is 0 Å². The summed E-state index contributed by atoms with van der Waals surface area (Å²) in [6, 6.07) is 17.2. The second kappa shape index (κ2) is 8.49. The molecule has 1 saturated heterocycles. The lowest BCUT2D eigenvalue weighted by molar-refractivity contribution is -0.124. The van der Waals surface area contributed by atoms with Crippen molar-refractivity contribution in [3.05, 3.63) is 65.7 Å². The van der Waals surface area contributed by atoms with E-state index in [1.165, 1.54) is 5.56 Å². The number of nitrogens with zero attached hydrogens (tertiary/aromatic N) is 3. The van der Waals surface area contributed by atoms with Gasteiger partial charge >= 0.3 is 0 Å². The Balaban J connectivity index is 1.39. The Morgan fingerprint density at radius 1 is 1.00 bits per heavy atom. The van der Waals surface area contributed by atoms with Gasteiger partial charge in [0.15, 0.2) is 0 Å². The number of anilines is 1. The van der Waals surface area contributed by atoms with Gasteiger partial charge in [-0.2, -0.15) is 4.31 Å². The highest BCUT2D eigenvalue weighted by Gasteiger charge is 2.37. The third kappa shape index (κ3) is 4.15. The fourth-order valence-electron chi connectivity index (χ4n) is 4.50. The molecule has 2 aromatic rings. The van der Waals surface area contributed by atoms with Crippen molar-refractivity contribution in [2.24, 2.45) is 0 Å². The Labute approximate surface area is 179 Å². The largest absolute Gasteiger partial charge is 0.308 e. The number of benzene rings is 2. The predicted molar refractivity (Wildman–Crippen MR) is 119 cm³/mol. The van der Waals surface area contributed by atoms with Crippen LogP contribution in [0.3, 0.4) is 0 Å². The summed E-state index contributed by atoms with van der Waals surface area (Å²) in [6.07, 6.45) is 0.875. The van der Waals surface area contributed by atoms with Crippen molar-refractivity contribution in [1.29, 1.82) is 0 Å². The zero-order valence-corrected chi connectivity index (χ0v) is 18.4. The molecular weight excluding hydrogens is 398 g/mol. The lowest BCUT2D eigenvalue weighted by Crippen LogP contribution is -2.56. The van der Waals surface area contributed by atoms with Crippen LogP contribution in [0.4, 0.5) is 5.69 Å². The Hall–Kier alpha value is -2.22. The summed E-state index contributed by atoms with van der Waals surface area (Å²) in [5.74, 6) is 0.109. The molecule has 2 aliphatic rings. The third-order valence-corrected chi connectivity index (χ3v) is 8.06. The number of carbonyl (C=O) groups excluding carboxylic acids is 1. The van der Waals surface area contributed by atoms with Crippen molar-refractivity contribution < 1.29 is 13.2 Å². The minimum atomic E-state index is -3.36. The van der Waals surface area contributed by atoms with Gasteiger partial charge in [-0.25, -0.2) is 8.42 Å². The van der Waals surface area contributed by atoms with Crippen molar-refractivity contribution in [2.45, 2.75) is 38.1 Å². The summed E-state index contributed by atoms with van der Waals surface area (Å²) >= 11 is 0. The summed E-state index contributed by atoms with van der Waals surface area (Å²) < 4.78 is 27.1. The first-order valence-corrected chi connectivity index (χ1v) is 12.1. The van der Waals surface area contributed by atoms with Gasteiger partial charge in [-0.3, -0.25) is 9.69 Å². The van der Waals surface area contributed by atoms with Gasteiger partial charge in [-0.1, -0.05) is 48.5 Å². The van der Waals surface area contributed by atoms with Crippen LogP contribution in [-0.2, 0) is 27.0 Å². The molecule has 0 unspecified atom stereocenters. The first-order valence-electron chi connectivity index (χ1n) is 10.5. The monoisotopic (exact) mass is 427 g/mol. The smallest absolute Gasteiger partial charge is 0.244 e. The van der Waals surface area contributed by atoms with Crippen LogP contribution in [0.5, 0.6) is 0 Å². The van der Waals surface area contributed by atoms with Crippen LogP contribution in [0.25, 0.3) is 0 Å². The molecule has 1 fully saturated rings. The maximum absolute atomic E-state index is 13.3. The lowest BCUT2D eigenvalue weighted by atomic mass is 10.1. The normalized spacial score (nSPS) is 21.4. The molecule has 30 heavy (non-hydrogen) atoms. The molecule has 6 nitrogen and oxygen atoms in total. The van der Waals surface area contributed by atoms with E-state index in [2.05, 4.69) is 17.9 Å². The summed E-state index contributed by atoms with van der Waals surface area (Å²) in [6.45, 7) is 5.97. The minimum Gasteiger partial charge on any atom is -0.308 e. The van der Waals surface area contributed by atoms with Crippen LogP contribution in [-0.4, -0.2) is 61.8 Å². The third-order valence-electron chi connectivity index (χ3n) is 6.21. The number of carbonyl (C=O) groups is 1. The molecule has 2 atom stereocenters. The zero-order valence-electron chi connectivity index (χ0n) is 17.6. The van der Waals surface area contributed by atoms with Crippen molar-refractivity contribution >= 4 is 21.6 Å². The predicted octanol–water partition coefficient (Wildman–Crippen LogP) is 2.50. The molecule has 7 heteroatoms. The number of hydrogen-bond donors (Lipinski definition) is 0. The average Bonchev–Trinajstić information content (AvgIpc) is 3.09. The Morgan fingerprint density at radius 3 is 2.33 bits per heavy atom. The highest BCUT2D eigenvalue weighted by molar-refractivity contribution is 7.88. The van der Waals surface area contributed by atoms with E-state index < -0.39 is 10.0 Å². The van der Waals surface area contributed by atoms with Gasteiger partial charge in [0.25, 0.3) is 0 Å². The standard InChI is InChI=1S/C23H29N3O3S/c1-18-16-21-10-6-7-11-22(21)26(18)23(27)19(2)24-12-14-25(15-13-24)30(28,29)17-20-8-4-3-5-9-20/h3-11,18-19H,12-17H2,1-2H3/t18-,19-/m1/s1. The fraction of sp³-hybridized carbons (Fsp3) is 0.435. The lowest BCUT2D eigenvalue weighted by Gasteiger charge is -2.38. The van der Waals surface area contributed by atoms with Gasteiger partial charge in [0.1, 0.15) is 0 Å². The zero-order chi connectivity index (χ0) is 21.3. The number of amides is 1. The number of fused-ring (bicyclic) bond motifs is 1. The maximum Gasteiger partial charge on any atom is 0.244 e. The molecule has 0 aliphatic carbocycles. The average molecular weight is 428 g/mol. The molecule has 160 valence electrons. The molecule has 0 radical (unpaired) electrons. The van der Waals surface area contributed by atoms with Crippen LogP contribution in [0.15, 0.2) is 54.6 Å². The molecule has 0 bridgehead atoms. The van der Waals surface area contributed by atoms with Crippen LogP contribution in [0.1, 0.15) is 25.0 Å². The van der Waals surface area contributed by atoms with Gasteiger partial charge < -0.3 is 4.90 Å². The summed E-state index contributed by atoms with van der Waals surface area (Å²) in [5.41, 5.74) is 3.01. The van der Waals surface area contributed by atoms with Crippen LogP contribution < -0.4 is 4.90 Å². The Kier molecular flexibility index (Phi) is 5.95. The Morgan fingerprint density at radius 2 is 1.63 bits per heavy atom. The number of rotatable bonds is 5. The van der Waals surface area contributed by atoms with Crippen LogP contribution >= 0.6 is 0 Å². The maximum atomic E-state index is 13.3. The number of sulfonamides is 1. The fourth-order valence-corrected chi connectivity index (χ4v) is 6.02. The molecule has 0 spiro atoms. The van der Waals surface area contributed by atoms with E-state index in [-0.39, 0.29) is 23.7 Å². The minimum absolute atomic E-state index is 0.0183. The summed E-state index contributed by atoms with van der Waals surface area (Å²) in [5, 5.41) is 0. The van der Waals surface area contributed by atoms with E-state index >= 15 is 0 Å². The number of hydrogen-bond acceptors (Lipinski definition) is 4. The van der Waals surface area contributed by atoms with Crippen molar-refractivity contribution in [1.82, 2.24) is 9.21 Å². The molecule has 4 rings (SSSR count). The second-order valence-corrected chi connectivity index (χ2v) is 10.2. The van der Waals surface area contributed by atoms with Crippen molar-refractivity contribution in [3.63, 3.8) is 0 Å². The van der Waals surface area contributed by atoms with Crippen molar-refractivity contribution in [3.8, 4) is 0 Å². The SMILES string of the molecule is C[C@H](C(=O)N1c2ccccc2C[C@H]1C)N1CCN(S(=O)(=O)Cc2ccccc2)CC1. The second-order valence-electron chi connectivity index (χ2n) is 8.24. The topological polar surface area (TPSA) is 60.9 Å². The van der Waals surface area contributed by atoms with Gasteiger partial charge in [0.2, 0.25) is 15.9 Å². The van der Waals surface area contributed by atoms with Gasteiger partial charge in [-0.05, 0) is 37.5 Å². The summed E-state index contributed by atoms with van der Waals surface area (Å²) in [7, 11) is -3.36. The molecule has 0 aromatic heterocycles. The quantitative estimate of drug-likeness (QED) is 0.736. The van der Waals surface area contributed by atoms with E-state index in [1.807, 2.05) is 60.4 Å². The summed E-state index contributed by atoms with van der Waals surface area (Å²) in [4.78, 5) is 17.3. The Bertz CT molecular complexity index is 1000. The van der Waals surface area contributed by atoms with E-state index in [9.17, 15) is 13.2 Å². The first kappa shape index (κ1) is 21.0. The van der Waals surface area contributed by atoms with E-state index in [0.717, 1.165) is 17.7 Å². The van der Waals surface area contributed by atoms with Gasteiger partial charge in [0, 0.05) is 37.9 Å². The first-order chi connectivity index (χ1) is 14.4. The molecule has 1 amide bonds. The number of piperazine rings is 1. The molecule has 2 aliphatic heterocycles. The van der Waals surface area contributed by atoms with E-state index in [1.54, 1.807) is 4.31 Å². The highest BCUT2D eigenvalue weighted by Crippen LogP contribution is 2.32. The van der Waals surface area contributed by atoms with E-state index in [4.69, 9.17) is 0 Å². The van der Waals surface area contributed by atoms with Crippen LogP contribution in [0, 0.1) is 0 Å². The number of para-hydroxylation sites is 1. The molecule has 0 saturated carbocycles. The van der Waals surface area contributed by atoms with Gasteiger partial charge in [0.05, 0.1) is 11.8 Å². The van der Waals surface area contributed by atoms with Gasteiger partial charge in [-0.15, -0.1) is 0 Å². The molecular formula is C23H29N3O3S.